The van der Waals surface area contributed by atoms with E-state index in [1.54, 1.807) is 6.07 Å². The van der Waals surface area contributed by atoms with E-state index in [1.165, 1.54) is 11.6 Å². The van der Waals surface area contributed by atoms with Crippen molar-refractivity contribution in [1.29, 1.82) is 0 Å². The second-order valence-electron chi connectivity index (χ2n) is 6.32. The van der Waals surface area contributed by atoms with Gasteiger partial charge in [-0.25, -0.2) is 9.07 Å². The van der Waals surface area contributed by atoms with Gasteiger partial charge < -0.3 is 5.32 Å². The predicted octanol–water partition coefficient (Wildman–Crippen LogP) is 5.00. The minimum absolute atomic E-state index is 0.185. The van der Waals surface area contributed by atoms with Gasteiger partial charge in [0.05, 0.1) is 11.4 Å². The Bertz CT molecular complexity index is 904. The van der Waals surface area contributed by atoms with Crippen molar-refractivity contribution in [1.82, 2.24) is 9.78 Å². The summed E-state index contributed by atoms with van der Waals surface area (Å²) in [5, 5.41) is 8.98. The first-order chi connectivity index (χ1) is 12.2. The van der Waals surface area contributed by atoms with E-state index in [2.05, 4.69) is 5.32 Å². The van der Waals surface area contributed by atoms with Gasteiger partial charge in [-0.3, -0.25) is 0 Å². The molecule has 0 spiro atoms. The zero-order valence-electron chi connectivity index (χ0n) is 13.8. The van der Waals surface area contributed by atoms with Crippen molar-refractivity contribution < 1.29 is 4.39 Å². The Balaban J connectivity index is 1.81. The molecule has 0 radical (unpaired) electrons. The van der Waals surface area contributed by atoms with Crippen LogP contribution in [0, 0.1) is 5.82 Å². The molecule has 4 rings (SSSR count). The van der Waals surface area contributed by atoms with Crippen LogP contribution < -0.4 is 5.32 Å². The van der Waals surface area contributed by atoms with Crippen LogP contribution in [0.1, 0.15) is 29.7 Å². The fourth-order valence-corrected chi connectivity index (χ4v) is 3.52. The van der Waals surface area contributed by atoms with Crippen molar-refractivity contribution in [3.63, 3.8) is 0 Å². The first kappa shape index (κ1) is 16.2. The quantitative estimate of drug-likeness (QED) is 0.716. The topological polar surface area (TPSA) is 29.9 Å². The molecule has 0 bridgehead atoms. The number of hydrogen-bond donors (Lipinski definition) is 1. The number of anilines is 1. The highest BCUT2D eigenvalue weighted by atomic mass is 35.5. The largest absolute Gasteiger partial charge is 0.370 e. The molecule has 1 aliphatic rings. The Morgan fingerprint density at radius 2 is 2.00 bits per heavy atom. The van der Waals surface area contributed by atoms with Gasteiger partial charge in [0.25, 0.3) is 0 Å². The highest BCUT2D eigenvalue weighted by Gasteiger charge is 2.21. The smallest absolute Gasteiger partial charge is 0.133 e. The van der Waals surface area contributed by atoms with Crippen LogP contribution in [-0.4, -0.2) is 16.3 Å². The fraction of sp³-hybridized carbons (Fsp3) is 0.250. The lowest BCUT2D eigenvalue weighted by Crippen LogP contribution is -2.07. The molecule has 0 unspecified atom stereocenters. The Morgan fingerprint density at radius 1 is 1.12 bits per heavy atom. The van der Waals surface area contributed by atoms with E-state index in [0.29, 0.717) is 17.0 Å². The number of aromatic nitrogens is 2. The lowest BCUT2D eigenvalue weighted by Gasteiger charge is -2.09. The SMILES string of the molecule is Fc1ccccc1Cc1nn(-c2cccc(Cl)c2)c2c1CCCCN2. The summed E-state index contributed by atoms with van der Waals surface area (Å²) < 4.78 is 16.0. The fourth-order valence-electron chi connectivity index (χ4n) is 3.33. The van der Waals surface area contributed by atoms with Crippen molar-refractivity contribution >= 4 is 17.4 Å². The summed E-state index contributed by atoms with van der Waals surface area (Å²) in [6.07, 6.45) is 3.66. The van der Waals surface area contributed by atoms with Gasteiger partial charge in [-0.2, -0.15) is 5.10 Å². The summed E-state index contributed by atoms with van der Waals surface area (Å²) in [5.74, 6) is 0.821. The zero-order valence-corrected chi connectivity index (χ0v) is 14.6. The summed E-state index contributed by atoms with van der Waals surface area (Å²) >= 11 is 6.16. The Hall–Kier alpha value is -2.33. The van der Waals surface area contributed by atoms with Crippen molar-refractivity contribution in [2.24, 2.45) is 0 Å². The van der Waals surface area contributed by atoms with Gasteiger partial charge in [-0.15, -0.1) is 0 Å². The normalized spacial score (nSPS) is 13.8. The average Bonchev–Trinajstić information content (AvgIpc) is 2.79. The monoisotopic (exact) mass is 355 g/mol. The molecule has 3 aromatic rings. The maximum atomic E-state index is 14.1. The van der Waals surface area contributed by atoms with E-state index < -0.39 is 0 Å². The van der Waals surface area contributed by atoms with Gasteiger partial charge in [0.15, 0.2) is 0 Å². The second-order valence-corrected chi connectivity index (χ2v) is 6.75. The first-order valence-corrected chi connectivity index (χ1v) is 8.94. The maximum Gasteiger partial charge on any atom is 0.133 e. The van der Waals surface area contributed by atoms with Gasteiger partial charge in [0.1, 0.15) is 11.6 Å². The summed E-state index contributed by atoms with van der Waals surface area (Å²) in [7, 11) is 0. The van der Waals surface area contributed by atoms with E-state index >= 15 is 0 Å². The number of halogens is 2. The molecule has 3 nitrogen and oxygen atoms in total. The molecule has 0 fully saturated rings. The highest BCUT2D eigenvalue weighted by molar-refractivity contribution is 6.30. The molecule has 1 aliphatic heterocycles. The summed E-state index contributed by atoms with van der Waals surface area (Å²) in [6.45, 7) is 0.915. The highest BCUT2D eigenvalue weighted by Crippen LogP contribution is 2.30. The third-order valence-electron chi connectivity index (χ3n) is 4.58. The van der Waals surface area contributed by atoms with Crippen LogP contribution in [0.3, 0.4) is 0 Å². The van der Waals surface area contributed by atoms with E-state index in [4.69, 9.17) is 16.7 Å². The van der Waals surface area contributed by atoms with Crippen molar-refractivity contribution in [3.05, 3.63) is 76.2 Å². The molecule has 5 heteroatoms. The molecule has 0 saturated heterocycles. The molecule has 1 aromatic heterocycles. The molecule has 2 heterocycles. The van der Waals surface area contributed by atoms with Crippen LogP contribution in [0.2, 0.25) is 5.02 Å². The third kappa shape index (κ3) is 3.27. The summed E-state index contributed by atoms with van der Waals surface area (Å²) in [4.78, 5) is 0. The lowest BCUT2D eigenvalue weighted by molar-refractivity contribution is 0.612. The molecule has 0 atom stereocenters. The molecule has 1 N–H and O–H groups in total. The molecular weight excluding hydrogens is 337 g/mol. The zero-order chi connectivity index (χ0) is 17.2. The van der Waals surface area contributed by atoms with Crippen LogP contribution in [0.25, 0.3) is 5.69 Å². The van der Waals surface area contributed by atoms with Crippen molar-refractivity contribution in [3.8, 4) is 5.69 Å². The minimum atomic E-state index is -0.185. The van der Waals surface area contributed by atoms with Crippen molar-refractivity contribution in [2.75, 3.05) is 11.9 Å². The number of fused-ring (bicyclic) bond motifs is 1. The molecule has 0 saturated carbocycles. The second kappa shape index (κ2) is 6.89. The number of rotatable bonds is 3. The molecule has 0 aliphatic carbocycles. The van der Waals surface area contributed by atoms with E-state index in [-0.39, 0.29) is 5.82 Å². The van der Waals surface area contributed by atoms with Crippen LogP contribution >= 0.6 is 11.6 Å². The van der Waals surface area contributed by atoms with Crippen LogP contribution in [0.15, 0.2) is 48.5 Å². The number of benzene rings is 2. The predicted molar refractivity (Wildman–Crippen MR) is 99.2 cm³/mol. The third-order valence-corrected chi connectivity index (χ3v) is 4.82. The molecule has 0 amide bonds. The molecule has 2 aromatic carbocycles. The average molecular weight is 356 g/mol. The van der Waals surface area contributed by atoms with Gasteiger partial charge in [-0.1, -0.05) is 35.9 Å². The van der Waals surface area contributed by atoms with E-state index in [0.717, 1.165) is 43.0 Å². The van der Waals surface area contributed by atoms with Crippen molar-refractivity contribution in [2.45, 2.75) is 25.7 Å². The van der Waals surface area contributed by atoms with Crippen LogP contribution in [0.4, 0.5) is 10.2 Å². The number of nitrogens with zero attached hydrogens (tertiary/aromatic N) is 2. The minimum Gasteiger partial charge on any atom is -0.370 e. The summed E-state index contributed by atoms with van der Waals surface area (Å²) in [5.41, 5.74) is 3.69. The maximum absolute atomic E-state index is 14.1. The van der Waals surface area contributed by atoms with E-state index in [1.807, 2.05) is 41.1 Å². The van der Waals surface area contributed by atoms with Gasteiger partial charge in [0.2, 0.25) is 0 Å². The van der Waals surface area contributed by atoms with Crippen LogP contribution in [-0.2, 0) is 12.8 Å². The van der Waals surface area contributed by atoms with E-state index in [9.17, 15) is 4.39 Å². The molecule has 128 valence electrons. The number of nitrogens with one attached hydrogen (secondary N) is 1. The molecule has 25 heavy (non-hydrogen) atoms. The lowest BCUT2D eigenvalue weighted by atomic mass is 10.0. The Kier molecular flexibility index (Phi) is 4.45. The Labute approximate surface area is 151 Å². The van der Waals surface area contributed by atoms with Crippen LogP contribution in [0.5, 0.6) is 0 Å². The number of hydrogen-bond acceptors (Lipinski definition) is 2. The van der Waals surface area contributed by atoms with Gasteiger partial charge >= 0.3 is 0 Å². The molecular formula is C20H19ClFN3. The van der Waals surface area contributed by atoms with Gasteiger partial charge in [0, 0.05) is 23.6 Å². The Morgan fingerprint density at radius 3 is 2.84 bits per heavy atom. The standard InChI is InChI=1S/C20H19ClFN3/c21-15-7-5-8-16(13-15)25-20-17(9-3-4-11-23-20)19(24-25)12-14-6-1-2-10-18(14)22/h1-2,5-8,10,13,23H,3-4,9,11-12H2. The van der Waals surface area contributed by atoms with Gasteiger partial charge in [-0.05, 0) is 49.1 Å². The first-order valence-electron chi connectivity index (χ1n) is 8.56. The summed E-state index contributed by atoms with van der Waals surface area (Å²) in [6, 6.07) is 14.5.